The highest BCUT2D eigenvalue weighted by Gasteiger charge is 2.58. The van der Waals surface area contributed by atoms with Gasteiger partial charge in [0.15, 0.2) is 9.84 Å². The van der Waals surface area contributed by atoms with E-state index in [9.17, 15) is 8.42 Å². The lowest BCUT2D eigenvalue weighted by molar-refractivity contribution is 0.492. The molecule has 0 heterocycles. The van der Waals surface area contributed by atoms with Crippen LogP contribution in [0.4, 0.5) is 0 Å². The molecule has 1 rings (SSSR count). The third kappa shape index (κ3) is 1.75. The summed E-state index contributed by atoms with van der Waals surface area (Å²) in [7, 11) is -3.02. The standard InChI is InChI=1S/C12H22O2S/c1-5-8-12(9-10-12)15(13,14)11(4,6-2)7-3/h5H,1,6-10H2,2-4H3. The molecule has 0 unspecified atom stereocenters. The van der Waals surface area contributed by atoms with Gasteiger partial charge in [-0.25, -0.2) is 8.42 Å². The lowest BCUT2D eigenvalue weighted by Gasteiger charge is -2.31. The molecule has 0 bridgehead atoms. The van der Waals surface area contributed by atoms with E-state index in [1.165, 1.54) is 0 Å². The van der Waals surface area contributed by atoms with Crippen molar-refractivity contribution < 1.29 is 8.42 Å². The number of hydrogen-bond acceptors (Lipinski definition) is 2. The lowest BCUT2D eigenvalue weighted by atomic mass is 10.1. The van der Waals surface area contributed by atoms with Gasteiger partial charge in [0.1, 0.15) is 0 Å². The zero-order chi connectivity index (χ0) is 11.7. The zero-order valence-electron chi connectivity index (χ0n) is 10.0. The summed E-state index contributed by atoms with van der Waals surface area (Å²) in [5.41, 5.74) is 0. The first-order valence-corrected chi connectivity index (χ1v) is 7.22. The molecule has 1 aliphatic rings. The number of hydrogen-bond donors (Lipinski definition) is 0. The van der Waals surface area contributed by atoms with Crippen LogP contribution in [0.3, 0.4) is 0 Å². The highest BCUT2D eigenvalue weighted by molar-refractivity contribution is 7.94. The number of allylic oxidation sites excluding steroid dienone is 1. The Bertz CT molecular complexity index is 333. The zero-order valence-corrected chi connectivity index (χ0v) is 10.9. The minimum absolute atomic E-state index is 0.463. The van der Waals surface area contributed by atoms with Crippen molar-refractivity contribution in [1.82, 2.24) is 0 Å². The van der Waals surface area contributed by atoms with E-state index in [-0.39, 0.29) is 0 Å². The summed E-state index contributed by atoms with van der Waals surface area (Å²) < 4.78 is 24.1. The molecule has 88 valence electrons. The van der Waals surface area contributed by atoms with Crippen LogP contribution in [-0.2, 0) is 9.84 Å². The van der Waals surface area contributed by atoms with Crippen molar-refractivity contribution in [3.8, 4) is 0 Å². The minimum atomic E-state index is -3.02. The van der Waals surface area contributed by atoms with Crippen LogP contribution in [0.5, 0.6) is 0 Å². The first-order valence-electron chi connectivity index (χ1n) is 5.74. The van der Waals surface area contributed by atoms with Crippen LogP contribution in [0.15, 0.2) is 12.7 Å². The molecule has 0 amide bonds. The number of rotatable bonds is 6. The van der Waals surface area contributed by atoms with Gasteiger partial charge < -0.3 is 0 Å². The molecule has 1 saturated carbocycles. The van der Waals surface area contributed by atoms with Crippen molar-refractivity contribution >= 4 is 9.84 Å². The van der Waals surface area contributed by atoms with Crippen LogP contribution in [-0.4, -0.2) is 17.9 Å². The fourth-order valence-electron chi connectivity index (χ4n) is 2.14. The summed E-state index contributed by atoms with van der Waals surface area (Å²) in [4.78, 5) is 0. The molecule has 0 N–H and O–H groups in total. The summed E-state index contributed by atoms with van der Waals surface area (Å²) in [5, 5.41) is 0. The van der Waals surface area contributed by atoms with E-state index >= 15 is 0 Å². The van der Waals surface area contributed by atoms with Crippen LogP contribution in [0.25, 0.3) is 0 Å². The molecule has 0 radical (unpaired) electrons. The fraction of sp³-hybridized carbons (Fsp3) is 0.833. The smallest absolute Gasteiger partial charge is 0.161 e. The summed E-state index contributed by atoms with van der Waals surface area (Å²) in [5.74, 6) is 0. The van der Waals surface area contributed by atoms with Crippen molar-refractivity contribution in [3.63, 3.8) is 0 Å². The molecule has 0 aromatic heterocycles. The summed E-state index contributed by atoms with van der Waals surface area (Å²) in [6.07, 6.45) is 5.39. The van der Waals surface area contributed by atoms with Gasteiger partial charge >= 0.3 is 0 Å². The van der Waals surface area contributed by atoms with Gasteiger partial charge in [0.2, 0.25) is 0 Å². The lowest BCUT2D eigenvalue weighted by Crippen LogP contribution is -2.42. The second-order valence-corrected chi connectivity index (χ2v) is 7.69. The fourth-order valence-corrected chi connectivity index (χ4v) is 4.92. The maximum absolute atomic E-state index is 12.5. The largest absolute Gasteiger partial charge is 0.228 e. The van der Waals surface area contributed by atoms with Crippen molar-refractivity contribution in [2.24, 2.45) is 0 Å². The molecule has 0 aliphatic heterocycles. The highest BCUT2D eigenvalue weighted by atomic mass is 32.2. The monoisotopic (exact) mass is 230 g/mol. The third-order valence-corrected chi connectivity index (χ3v) is 7.63. The maximum Gasteiger partial charge on any atom is 0.161 e. The topological polar surface area (TPSA) is 34.1 Å². The van der Waals surface area contributed by atoms with E-state index < -0.39 is 19.3 Å². The average molecular weight is 230 g/mol. The van der Waals surface area contributed by atoms with Crippen LogP contribution in [0, 0.1) is 0 Å². The van der Waals surface area contributed by atoms with Gasteiger partial charge in [-0.3, -0.25) is 0 Å². The Morgan fingerprint density at radius 2 is 1.80 bits per heavy atom. The Balaban J connectivity index is 3.07. The maximum atomic E-state index is 12.5. The first kappa shape index (κ1) is 12.8. The van der Waals surface area contributed by atoms with E-state index in [1.807, 2.05) is 20.8 Å². The van der Waals surface area contributed by atoms with E-state index in [4.69, 9.17) is 0 Å². The summed E-state index contributed by atoms with van der Waals surface area (Å²) in [6, 6.07) is 0. The van der Waals surface area contributed by atoms with E-state index in [1.54, 1.807) is 6.08 Å². The molecule has 0 spiro atoms. The van der Waals surface area contributed by atoms with Crippen molar-refractivity contribution in [3.05, 3.63) is 12.7 Å². The molecule has 3 heteroatoms. The van der Waals surface area contributed by atoms with Crippen molar-refractivity contribution in [1.29, 1.82) is 0 Å². The Morgan fingerprint density at radius 1 is 1.33 bits per heavy atom. The van der Waals surface area contributed by atoms with E-state index in [0.717, 1.165) is 12.8 Å². The normalized spacial score (nSPS) is 19.9. The Hall–Kier alpha value is -0.310. The second-order valence-electron chi connectivity index (χ2n) is 4.84. The SMILES string of the molecule is C=CCC1(S(=O)(=O)C(C)(CC)CC)CC1. The van der Waals surface area contributed by atoms with Crippen LogP contribution in [0.1, 0.15) is 52.9 Å². The molecule has 0 aromatic carbocycles. The van der Waals surface area contributed by atoms with Crippen LogP contribution >= 0.6 is 0 Å². The molecule has 0 saturated heterocycles. The van der Waals surface area contributed by atoms with Gasteiger partial charge in [0.25, 0.3) is 0 Å². The highest BCUT2D eigenvalue weighted by Crippen LogP contribution is 2.52. The van der Waals surface area contributed by atoms with Gasteiger partial charge in [0.05, 0.1) is 9.49 Å². The summed E-state index contributed by atoms with van der Waals surface area (Å²) in [6.45, 7) is 9.48. The Morgan fingerprint density at radius 3 is 2.07 bits per heavy atom. The van der Waals surface area contributed by atoms with E-state index in [0.29, 0.717) is 19.3 Å². The molecule has 1 fully saturated rings. The molecule has 15 heavy (non-hydrogen) atoms. The molecular weight excluding hydrogens is 208 g/mol. The minimum Gasteiger partial charge on any atom is -0.228 e. The van der Waals surface area contributed by atoms with Crippen molar-refractivity contribution in [2.75, 3.05) is 0 Å². The van der Waals surface area contributed by atoms with Crippen molar-refractivity contribution in [2.45, 2.75) is 62.4 Å². The molecular formula is C12H22O2S. The van der Waals surface area contributed by atoms with Gasteiger partial charge in [-0.05, 0) is 39.0 Å². The number of sulfone groups is 1. The Labute approximate surface area is 93.7 Å². The van der Waals surface area contributed by atoms with Gasteiger partial charge in [-0.1, -0.05) is 19.9 Å². The Kier molecular flexibility index (Phi) is 3.34. The molecule has 1 aliphatic carbocycles. The predicted octanol–water partition coefficient (Wildman–Crippen LogP) is 3.09. The third-order valence-electron chi connectivity index (χ3n) is 4.04. The predicted molar refractivity (Wildman–Crippen MR) is 64.7 cm³/mol. The molecule has 0 atom stereocenters. The molecule has 2 nitrogen and oxygen atoms in total. The van der Waals surface area contributed by atoms with Gasteiger partial charge in [0, 0.05) is 0 Å². The van der Waals surface area contributed by atoms with Crippen LogP contribution in [0.2, 0.25) is 0 Å². The van der Waals surface area contributed by atoms with E-state index in [2.05, 4.69) is 6.58 Å². The first-order chi connectivity index (χ1) is 6.89. The van der Waals surface area contributed by atoms with Crippen LogP contribution < -0.4 is 0 Å². The van der Waals surface area contributed by atoms with Gasteiger partial charge in [-0.15, -0.1) is 6.58 Å². The quantitative estimate of drug-likeness (QED) is 0.657. The molecule has 0 aromatic rings. The summed E-state index contributed by atoms with van der Waals surface area (Å²) >= 11 is 0. The second kappa shape index (κ2) is 3.93. The average Bonchev–Trinajstić information content (AvgIpc) is 2.98. The van der Waals surface area contributed by atoms with Gasteiger partial charge in [-0.2, -0.15) is 0 Å².